The molecule has 3 rings (SSSR count). The van der Waals surface area contributed by atoms with Crippen LogP contribution in [0.5, 0.6) is 0 Å². The van der Waals surface area contributed by atoms with Crippen molar-refractivity contribution < 1.29 is 22.9 Å². The highest BCUT2D eigenvalue weighted by Gasteiger charge is 2.36. The highest BCUT2D eigenvalue weighted by Crippen LogP contribution is 2.38. The number of hydrogen-bond donors (Lipinski definition) is 0. The zero-order valence-electron chi connectivity index (χ0n) is 14.8. The number of alkyl halides is 3. The van der Waals surface area contributed by atoms with E-state index in [4.69, 9.17) is 0 Å². The Bertz CT molecular complexity index is 1140. The zero-order chi connectivity index (χ0) is 21.9. The van der Waals surface area contributed by atoms with E-state index in [1.165, 1.54) is 23.5 Å². The third kappa shape index (κ3) is 4.67. The average molecular weight is 449 g/mol. The molecule has 3 aromatic rings. The van der Waals surface area contributed by atoms with Crippen LogP contribution in [-0.4, -0.2) is 21.4 Å². The van der Waals surface area contributed by atoms with Crippen molar-refractivity contribution in [2.24, 2.45) is 0 Å². The lowest BCUT2D eigenvalue weighted by Crippen LogP contribution is -2.11. The highest BCUT2D eigenvalue weighted by molar-refractivity contribution is 8.00. The number of nitro groups is 1. The van der Waals surface area contributed by atoms with Crippen molar-refractivity contribution in [2.45, 2.75) is 11.2 Å². The minimum absolute atomic E-state index is 0.0570. The second kappa shape index (κ2) is 8.64. The van der Waals surface area contributed by atoms with Gasteiger partial charge in [0.05, 0.1) is 32.4 Å². The van der Waals surface area contributed by atoms with Crippen LogP contribution in [0.15, 0.2) is 52.9 Å². The summed E-state index contributed by atoms with van der Waals surface area (Å²) in [5, 5.41) is 21.5. The number of thiophene rings is 1. The molecule has 0 aliphatic rings. The Morgan fingerprint density at radius 1 is 1.27 bits per heavy atom. The number of pyridine rings is 1. The van der Waals surface area contributed by atoms with Gasteiger partial charge in [-0.2, -0.15) is 18.4 Å². The summed E-state index contributed by atoms with van der Waals surface area (Å²) in [6, 6.07) is 10.5. The fourth-order valence-corrected chi connectivity index (χ4v) is 4.08. The second-order valence-electron chi connectivity index (χ2n) is 5.84. The van der Waals surface area contributed by atoms with Gasteiger partial charge >= 0.3 is 6.18 Å². The minimum atomic E-state index is -4.77. The fourth-order valence-electron chi connectivity index (χ4n) is 2.49. The molecule has 152 valence electrons. The van der Waals surface area contributed by atoms with Crippen molar-refractivity contribution in [3.05, 3.63) is 74.6 Å². The summed E-state index contributed by atoms with van der Waals surface area (Å²) in [4.78, 5) is 27.1. The number of nitriles is 1. The Morgan fingerprint density at radius 2 is 1.97 bits per heavy atom. The monoisotopic (exact) mass is 449 g/mol. The molecule has 0 radical (unpaired) electrons. The number of carbonyl (C=O) groups excluding carboxylic acids is 1. The van der Waals surface area contributed by atoms with E-state index in [-0.39, 0.29) is 27.7 Å². The predicted octanol–water partition coefficient (Wildman–Crippen LogP) is 5.58. The van der Waals surface area contributed by atoms with Gasteiger partial charge in [-0.15, -0.1) is 11.3 Å². The van der Waals surface area contributed by atoms with Gasteiger partial charge in [0.1, 0.15) is 11.1 Å². The van der Waals surface area contributed by atoms with E-state index in [1.54, 1.807) is 23.6 Å². The molecule has 0 saturated heterocycles. The van der Waals surface area contributed by atoms with Crippen LogP contribution >= 0.6 is 23.1 Å². The normalized spacial score (nSPS) is 11.1. The van der Waals surface area contributed by atoms with E-state index in [1.807, 2.05) is 0 Å². The maximum Gasteiger partial charge on any atom is 0.417 e. The van der Waals surface area contributed by atoms with Crippen LogP contribution < -0.4 is 0 Å². The number of nitrogens with zero attached hydrogens (tertiary/aromatic N) is 3. The first-order valence-electron chi connectivity index (χ1n) is 8.17. The van der Waals surface area contributed by atoms with Crippen molar-refractivity contribution in [1.82, 2.24) is 4.98 Å². The molecular weight excluding hydrogens is 439 g/mol. The zero-order valence-corrected chi connectivity index (χ0v) is 16.5. The third-order valence-corrected chi connectivity index (χ3v) is 5.78. The van der Waals surface area contributed by atoms with Crippen molar-refractivity contribution in [3.8, 4) is 16.6 Å². The van der Waals surface area contributed by atoms with Crippen LogP contribution in [0.3, 0.4) is 0 Å². The van der Waals surface area contributed by atoms with E-state index >= 15 is 0 Å². The van der Waals surface area contributed by atoms with Crippen molar-refractivity contribution >= 4 is 34.6 Å². The number of carbonyl (C=O) groups is 1. The van der Waals surface area contributed by atoms with Crippen molar-refractivity contribution in [3.63, 3.8) is 0 Å². The van der Waals surface area contributed by atoms with Gasteiger partial charge in [-0.3, -0.25) is 14.9 Å². The number of ketones is 1. The van der Waals surface area contributed by atoms with Crippen LogP contribution in [0, 0.1) is 21.4 Å². The molecule has 1 aromatic carbocycles. The molecular formula is C19H10F3N3O3S2. The summed E-state index contributed by atoms with van der Waals surface area (Å²) in [6.07, 6.45) is -4.77. The number of thioether (sulfide) groups is 1. The molecule has 2 aromatic heterocycles. The van der Waals surface area contributed by atoms with Gasteiger partial charge in [-0.05, 0) is 29.6 Å². The summed E-state index contributed by atoms with van der Waals surface area (Å²) >= 11 is 1.91. The quantitative estimate of drug-likeness (QED) is 0.211. The van der Waals surface area contributed by atoms with Crippen LogP contribution in [0.1, 0.15) is 21.5 Å². The predicted molar refractivity (Wildman–Crippen MR) is 105 cm³/mol. The van der Waals surface area contributed by atoms with E-state index < -0.39 is 28.0 Å². The molecule has 6 nitrogen and oxygen atoms in total. The van der Waals surface area contributed by atoms with Gasteiger partial charge in [-0.1, -0.05) is 17.8 Å². The smallest absolute Gasteiger partial charge is 0.293 e. The summed E-state index contributed by atoms with van der Waals surface area (Å²) in [7, 11) is 0. The van der Waals surface area contributed by atoms with Gasteiger partial charge in [-0.25, -0.2) is 4.98 Å². The molecule has 0 fully saturated rings. The molecule has 0 saturated carbocycles. The third-order valence-electron chi connectivity index (χ3n) is 3.92. The number of halogens is 3. The Morgan fingerprint density at radius 3 is 2.50 bits per heavy atom. The Labute approximate surface area is 176 Å². The Kier molecular flexibility index (Phi) is 6.19. The lowest BCUT2D eigenvalue weighted by Gasteiger charge is -2.13. The molecule has 0 amide bonds. The first kappa shape index (κ1) is 21.5. The number of non-ortho nitro benzene ring substituents is 1. The van der Waals surface area contributed by atoms with E-state index in [2.05, 4.69) is 4.98 Å². The van der Waals surface area contributed by atoms with E-state index in [0.29, 0.717) is 16.6 Å². The number of hydrogen-bond acceptors (Lipinski definition) is 7. The number of nitro benzene ring substituents is 1. The second-order valence-corrected chi connectivity index (χ2v) is 7.75. The minimum Gasteiger partial charge on any atom is -0.293 e. The standard InChI is InChI=1S/C19H10F3N3O3S2/c20-19(21,22)14-8-15(17-2-1-7-29-17)24-18(13(14)9-23)30-10-16(26)11-3-5-12(6-4-11)25(27)28/h1-8H,10H2. The molecule has 0 bridgehead atoms. The van der Waals surface area contributed by atoms with Crippen molar-refractivity contribution in [2.75, 3.05) is 5.75 Å². The average Bonchev–Trinajstić information content (AvgIpc) is 3.25. The SMILES string of the molecule is N#Cc1c(C(F)(F)F)cc(-c2cccs2)nc1SCC(=O)c1ccc([N+](=O)[O-])cc1. The Hall–Kier alpha value is -3.23. The van der Waals surface area contributed by atoms with E-state index in [9.17, 15) is 33.3 Å². The number of benzene rings is 1. The summed E-state index contributed by atoms with van der Waals surface area (Å²) in [6.45, 7) is 0. The number of Topliss-reactive ketones (excluding diaryl/α,β-unsaturated/α-hetero) is 1. The van der Waals surface area contributed by atoms with Crippen LogP contribution in [0.2, 0.25) is 0 Å². The van der Waals surface area contributed by atoms with Gasteiger partial charge in [0.2, 0.25) is 0 Å². The Balaban J connectivity index is 1.92. The van der Waals surface area contributed by atoms with Gasteiger partial charge in [0.15, 0.2) is 5.78 Å². The molecule has 2 heterocycles. The first-order chi connectivity index (χ1) is 14.2. The first-order valence-corrected chi connectivity index (χ1v) is 10.0. The summed E-state index contributed by atoms with van der Waals surface area (Å²) < 4.78 is 40.5. The van der Waals surface area contributed by atoms with Gasteiger partial charge in [0, 0.05) is 17.7 Å². The molecule has 0 unspecified atom stereocenters. The molecule has 0 N–H and O–H groups in total. The molecule has 0 spiro atoms. The number of rotatable bonds is 6. The summed E-state index contributed by atoms with van der Waals surface area (Å²) in [5.41, 5.74) is -1.73. The van der Waals surface area contributed by atoms with Crippen molar-refractivity contribution in [1.29, 1.82) is 5.26 Å². The largest absolute Gasteiger partial charge is 0.417 e. The van der Waals surface area contributed by atoms with Crippen LogP contribution in [-0.2, 0) is 6.18 Å². The lowest BCUT2D eigenvalue weighted by molar-refractivity contribution is -0.384. The lowest BCUT2D eigenvalue weighted by atomic mass is 10.1. The maximum absolute atomic E-state index is 13.5. The molecule has 0 aliphatic heterocycles. The summed E-state index contributed by atoms with van der Waals surface area (Å²) in [5.74, 6) is -0.749. The van der Waals surface area contributed by atoms with Crippen LogP contribution in [0.4, 0.5) is 18.9 Å². The molecule has 30 heavy (non-hydrogen) atoms. The molecule has 0 aliphatic carbocycles. The van der Waals surface area contributed by atoms with Gasteiger partial charge < -0.3 is 0 Å². The molecule has 0 atom stereocenters. The molecule has 11 heteroatoms. The fraction of sp³-hybridized carbons (Fsp3) is 0.105. The van der Waals surface area contributed by atoms with Gasteiger partial charge in [0.25, 0.3) is 5.69 Å². The maximum atomic E-state index is 13.5. The van der Waals surface area contributed by atoms with Crippen LogP contribution in [0.25, 0.3) is 10.6 Å². The highest BCUT2D eigenvalue weighted by atomic mass is 32.2. The van der Waals surface area contributed by atoms with E-state index in [0.717, 1.165) is 18.2 Å². The topological polar surface area (TPSA) is 96.9 Å². The number of aromatic nitrogens is 1.